The molecule has 8 heteroatoms. The quantitative estimate of drug-likeness (QED) is 0.580. The van der Waals surface area contributed by atoms with Gasteiger partial charge in [0.1, 0.15) is 6.04 Å². The molecule has 0 heterocycles. The van der Waals surface area contributed by atoms with E-state index in [9.17, 15) is 19.2 Å². The van der Waals surface area contributed by atoms with E-state index in [-0.39, 0.29) is 17.2 Å². The van der Waals surface area contributed by atoms with Crippen molar-refractivity contribution in [1.29, 1.82) is 0 Å². The van der Waals surface area contributed by atoms with Gasteiger partial charge in [-0.1, -0.05) is 13.8 Å². The molecule has 0 radical (unpaired) electrons. The van der Waals surface area contributed by atoms with Crippen LogP contribution in [0.2, 0.25) is 0 Å². The van der Waals surface area contributed by atoms with Crippen LogP contribution in [0, 0.1) is 29.1 Å². The zero-order valence-electron chi connectivity index (χ0n) is 17.7. The average Bonchev–Trinajstić information content (AvgIpc) is 2.64. The maximum atomic E-state index is 13.3. The van der Waals surface area contributed by atoms with Gasteiger partial charge in [0.25, 0.3) is 5.91 Å². The van der Waals surface area contributed by atoms with Crippen molar-refractivity contribution in [2.45, 2.75) is 71.4 Å². The molecule has 0 aromatic carbocycles. The molecular formula is C21H33N3O5. The molecule has 4 aliphatic carbocycles. The van der Waals surface area contributed by atoms with Crippen LogP contribution >= 0.6 is 0 Å². The largest absolute Gasteiger partial charge is 0.451 e. The molecule has 0 spiro atoms. The number of hydrogen-bond donors (Lipinski definition) is 3. The van der Waals surface area contributed by atoms with E-state index in [1.54, 1.807) is 0 Å². The highest BCUT2D eigenvalue weighted by molar-refractivity contribution is 5.97. The first-order valence-electron chi connectivity index (χ1n) is 10.7. The summed E-state index contributed by atoms with van der Waals surface area (Å²) in [5.74, 6) is 0.286. The SMILES string of the molecule is CNC(=O)NC(=O)[C@@H](C)OC(=O)[C@H](NC(=O)C12CC3CC(CC(C3)C1)C2)C(C)C. The molecule has 4 saturated carbocycles. The Morgan fingerprint density at radius 3 is 1.90 bits per heavy atom. The van der Waals surface area contributed by atoms with Crippen LogP contribution in [-0.2, 0) is 19.1 Å². The van der Waals surface area contributed by atoms with E-state index in [1.807, 2.05) is 13.8 Å². The number of carbonyl (C=O) groups excluding carboxylic acids is 4. The topological polar surface area (TPSA) is 114 Å². The molecule has 4 amide bonds. The van der Waals surface area contributed by atoms with Gasteiger partial charge in [-0.3, -0.25) is 14.9 Å². The molecule has 2 atom stereocenters. The Morgan fingerprint density at radius 1 is 0.931 bits per heavy atom. The van der Waals surface area contributed by atoms with Gasteiger partial charge in [-0.25, -0.2) is 9.59 Å². The van der Waals surface area contributed by atoms with Gasteiger partial charge in [0.15, 0.2) is 6.10 Å². The van der Waals surface area contributed by atoms with Gasteiger partial charge in [0, 0.05) is 12.5 Å². The van der Waals surface area contributed by atoms with Gasteiger partial charge in [-0.2, -0.15) is 0 Å². The van der Waals surface area contributed by atoms with E-state index in [2.05, 4.69) is 16.0 Å². The summed E-state index contributed by atoms with van der Waals surface area (Å²) < 4.78 is 5.26. The molecule has 0 aromatic rings. The maximum absolute atomic E-state index is 13.3. The minimum Gasteiger partial charge on any atom is -0.451 e. The van der Waals surface area contributed by atoms with Crippen LogP contribution in [0.4, 0.5) is 4.79 Å². The average molecular weight is 408 g/mol. The number of esters is 1. The van der Waals surface area contributed by atoms with Crippen molar-refractivity contribution < 1.29 is 23.9 Å². The zero-order chi connectivity index (χ0) is 21.3. The number of amides is 4. The maximum Gasteiger partial charge on any atom is 0.329 e. The molecule has 4 bridgehead atoms. The van der Waals surface area contributed by atoms with E-state index in [0.29, 0.717) is 17.8 Å². The molecule has 8 nitrogen and oxygen atoms in total. The van der Waals surface area contributed by atoms with Gasteiger partial charge < -0.3 is 15.4 Å². The van der Waals surface area contributed by atoms with Crippen LogP contribution in [0.5, 0.6) is 0 Å². The second-order valence-corrected chi connectivity index (χ2v) is 9.54. The van der Waals surface area contributed by atoms with Crippen molar-refractivity contribution in [1.82, 2.24) is 16.0 Å². The summed E-state index contributed by atoms with van der Waals surface area (Å²) in [6.07, 6.45) is 5.30. The molecule has 0 aromatic heterocycles. The molecular weight excluding hydrogens is 374 g/mol. The zero-order valence-corrected chi connectivity index (χ0v) is 17.7. The van der Waals surface area contributed by atoms with Crippen LogP contribution in [-0.4, -0.2) is 43.0 Å². The van der Waals surface area contributed by atoms with Gasteiger partial charge in [0.05, 0.1) is 0 Å². The minimum absolute atomic E-state index is 0.0466. The van der Waals surface area contributed by atoms with Gasteiger partial charge in [-0.05, 0) is 69.1 Å². The molecule has 4 rings (SSSR count). The van der Waals surface area contributed by atoms with Crippen LogP contribution in [0.3, 0.4) is 0 Å². The number of rotatable bonds is 6. The highest BCUT2D eigenvalue weighted by Crippen LogP contribution is 2.60. The van der Waals surface area contributed by atoms with Gasteiger partial charge >= 0.3 is 12.0 Å². The van der Waals surface area contributed by atoms with Crippen LogP contribution < -0.4 is 16.0 Å². The Bertz CT molecular complexity index is 655. The number of imide groups is 1. The Hall–Kier alpha value is -2.12. The van der Waals surface area contributed by atoms with E-state index < -0.39 is 30.1 Å². The number of ether oxygens (including phenoxy) is 1. The fourth-order valence-electron chi connectivity index (χ4n) is 5.76. The van der Waals surface area contributed by atoms with Crippen LogP contribution in [0.1, 0.15) is 59.3 Å². The number of nitrogens with one attached hydrogen (secondary N) is 3. The third kappa shape index (κ3) is 4.56. The Morgan fingerprint density at radius 2 is 1.45 bits per heavy atom. The third-order valence-electron chi connectivity index (χ3n) is 6.85. The Balaban J connectivity index is 1.62. The molecule has 4 aliphatic rings. The minimum atomic E-state index is -1.14. The lowest BCUT2D eigenvalue weighted by Crippen LogP contribution is -2.57. The molecule has 29 heavy (non-hydrogen) atoms. The lowest BCUT2D eigenvalue weighted by molar-refractivity contribution is -0.161. The summed E-state index contributed by atoms with van der Waals surface area (Å²) in [7, 11) is 1.38. The second kappa shape index (κ2) is 8.32. The summed E-state index contributed by atoms with van der Waals surface area (Å²) in [5.41, 5.74) is -0.357. The fourth-order valence-corrected chi connectivity index (χ4v) is 5.76. The van der Waals surface area contributed by atoms with E-state index in [1.165, 1.54) is 33.2 Å². The van der Waals surface area contributed by atoms with Crippen molar-refractivity contribution in [3.63, 3.8) is 0 Å². The third-order valence-corrected chi connectivity index (χ3v) is 6.85. The van der Waals surface area contributed by atoms with Crippen molar-refractivity contribution in [3.8, 4) is 0 Å². The Labute approximate surface area is 171 Å². The van der Waals surface area contributed by atoms with Crippen LogP contribution in [0.25, 0.3) is 0 Å². The molecule has 4 fully saturated rings. The monoisotopic (exact) mass is 407 g/mol. The van der Waals surface area contributed by atoms with Crippen molar-refractivity contribution >= 4 is 23.8 Å². The summed E-state index contributed by atoms with van der Waals surface area (Å²) >= 11 is 0. The lowest BCUT2D eigenvalue weighted by Gasteiger charge is -2.55. The molecule has 3 N–H and O–H groups in total. The van der Waals surface area contributed by atoms with Gasteiger partial charge in [0.2, 0.25) is 5.91 Å². The Kier molecular flexibility index (Phi) is 6.19. The van der Waals surface area contributed by atoms with Gasteiger partial charge in [-0.15, -0.1) is 0 Å². The molecule has 0 aliphatic heterocycles. The number of hydrogen-bond acceptors (Lipinski definition) is 5. The molecule has 0 unspecified atom stereocenters. The summed E-state index contributed by atoms with van der Waals surface area (Å²) in [5, 5.41) is 7.29. The van der Waals surface area contributed by atoms with E-state index >= 15 is 0 Å². The second-order valence-electron chi connectivity index (χ2n) is 9.54. The van der Waals surface area contributed by atoms with E-state index in [4.69, 9.17) is 4.74 Å². The summed E-state index contributed by atoms with van der Waals surface area (Å²) in [6, 6.07) is -1.50. The fraction of sp³-hybridized carbons (Fsp3) is 0.810. The first kappa shape index (κ1) is 21.6. The lowest BCUT2D eigenvalue weighted by atomic mass is 9.49. The standard InChI is InChI=1S/C21H33N3O5/c1-11(2)16(18(26)29-12(3)17(25)24-20(28)22-4)23-19(27)21-8-13-5-14(9-21)7-15(6-13)10-21/h11-16H,5-10H2,1-4H3,(H,23,27)(H2,22,24,25,28)/t12-,13?,14?,15?,16-,21?/m1/s1. The van der Waals surface area contributed by atoms with E-state index in [0.717, 1.165) is 19.3 Å². The molecule has 162 valence electrons. The number of urea groups is 1. The smallest absolute Gasteiger partial charge is 0.329 e. The highest BCUT2D eigenvalue weighted by atomic mass is 16.5. The normalized spacial score (nSPS) is 31.7. The first-order valence-corrected chi connectivity index (χ1v) is 10.7. The molecule has 0 saturated heterocycles. The number of carbonyl (C=O) groups is 4. The van der Waals surface area contributed by atoms with Crippen molar-refractivity contribution in [2.75, 3.05) is 7.05 Å². The van der Waals surface area contributed by atoms with Crippen molar-refractivity contribution in [3.05, 3.63) is 0 Å². The highest BCUT2D eigenvalue weighted by Gasteiger charge is 2.55. The van der Waals surface area contributed by atoms with Crippen LogP contribution in [0.15, 0.2) is 0 Å². The summed E-state index contributed by atoms with van der Waals surface area (Å²) in [4.78, 5) is 49.2. The van der Waals surface area contributed by atoms with Crippen molar-refractivity contribution in [2.24, 2.45) is 29.1 Å². The predicted molar refractivity (Wildman–Crippen MR) is 106 cm³/mol. The predicted octanol–water partition coefficient (Wildman–Crippen LogP) is 1.73. The first-order chi connectivity index (χ1) is 13.6. The summed E-state index contributed by atoms with van der Waals surface area (Å²) in [6.45, 7) is 5.07.